The largest absolute Gasteiger partial charge is 0.398 e. The van der Waals surface area contributed by atoms with Gasteiger partial charge in [-0.2, -0.15) is 0 Å². The molecule has 6 heteroatoms. The Balaban J connectivity index is 2.30. The molecule has 0 fully saturated rings. The van der Waals surface area contributed by atoms with E-state index in [1.54, 1.807) is 18.2 Å². The number of hydrogen-bond donors (Lipinski definition) is 2. The number of halogens is 3. The summed E-state index contributed by atoms with van der Waals surface area (Å²) in [5.41, 5.74) is 7.93. The van der Waals surface area contributed by atoms with Crippen molar-refractivity contribution in [2.45, 2.75) is 6.92 Å². The Hall–Kier alpha value is -1.42. The predicted molar refractivity (Wildman–Crippen MR) is 85.0 cm³/mol. The molecule has 1 amide bonds. The highest BCUT2D eigenvalue weighted by atomic mass is 35.5. The van der Waals surface area contributed by atoms with Crippen LogP contribution in [0.2, 0.25) is 15.1 Å². The highest BCUT2D eigenvalue weighted by Crippen LogP contribution is 2.27. The average molecular weight is 330 g/mol. The highest BCUT2D eigenvalue weighted by molar-refractivity contribution is 6.35. The van der Waals surface area contributed by atoms with Gasteiger partial charge in [-0.05, 0) is 42.8 Å². The molecule has 0 aliphatic heterocycles. The van der Waals surface area contributed by atoms with Crippen molar-refractivity contribution in [2.75, 3.05) is 11.1 Å². The van der Waals surface area contributed by atoms with Gasteiger partial charge in [0.05, 0.1) is 10.7 Å². The predicted octanol–water partition coefficient (Wildman–Crippen LogP) is 4.79. The normalized spacial score (nSPS) is 10.4. The Kier molecular flexibility index (Phi) is 4.43. The van der Waals surface area contributed by atoms with E-state index in [0.29, 0.717) is 32.0 Å². The quantitative estimate of drug-likeness (QED) is 0.778. The van der Waals surface area contributed by atoms with Gasteiger partial charge in [0.15, 0.2) is 0 Å². The van der Waals surface area contributed by atoms with E-state index in [1.807, 2.05) is 6.92 Å². The number of hydrogen-bond acceptors (Lipinski definition) is 2. The molecule has 0 aliphatic carbocycles. The lowest BCUT2D eigenvalue weighted by molar-refractivity contribution is 0.102. The third-order valence-corrected chi connectivity index (χ3v) is 3.48. The Bertz CT molecular complexity index is 666. The van der Waals surface area contributed by atoms with Crippen molar-refractivity contribution in [3.8, 4) is 0 Å². The van der Waals surface area contributed by atoms with Crippen LogP contribution in [0.3, 0.4) is 0 Å². The van der Waals surface area contributed by atoms with E-state index in [2.05, 4.69) is 5.32 Å². The molecule has 20 heavy (non-hydrogen) atoms. The minimum absolute atomic E-state index is 0.321. The van der Waals surface area contributed by atoms with Crippen LogP contribution in [0, 0.1) is 6.92 Å². The third kappa shape index (κ3) is 3.37. The number of nitrogens with one attached hydrogen (secondary N) is 1. The summed E-state index contributed by atoms with van der Waals surface area (Å²) in [6.45, 7) is 1.83. The minimum atomic E-state index is -0.321. The van der Waals surface area contributed by atoms with E-state index in [9.17, 15) is 4.79 Å². The summed E-state index contributed by atoms with van der Waals surface area (Å²) in [6.07, 6.45) is 0. The first-order chi connectivity index (χ1) is 9.36. The SMILES string of the molecule is Cc1cc(N)c(Cl)cc1NC(=O)c1cc(Cl)cc(Cl)c1. The van der Waals surface area contributed by atoms with Crippen molar-refractivity contribution in [1.82, 2.24) is 0 Å². The Morgan fingerprint density at radius 2 is 1.65 bits per heavy atom. The van der Waals surface area contributed by atoms with Crippen LogP contribution in [0.4, 0.5) is 11.4 Å². The van der Waals surface area contributed by atoms with E-state index >= 15 is 0 Å². The van der Waals surface area contributed by atoms with Crippen molar-refractivity contribution >= 4 is 52.1 Å². The number of carbonyl (C=O) groups excluding carboxylic acids is 1. The van der Waals surface area contributed by atoms with Gasteiger partial charge in [-0.25, -0.2) is 0 Å². The molecule has 3 N–H and O–H groups in total. The number of rotatable bonds is 2. The van der Waals surface area contributed by atoms with Gasteiger partial charge < -0.3 is 11.1 Å². The average Bonchev–Trinajstić information content (AvgIpc) is 2.34. The number of benzene rings is 2. The molecule has 0 saturated carbocycles. The smallest absolute Gasteiger partial charge is 0.255 e. The molecular formula is C14H11Cl3N2O. The second-order valence-electron chi connectivity index (χ2n) is 4.30. The molecule has 0 aliphatic rings. The maximum atomic E-state index is 12.2. The second kappa shape index (κ2) is 5.92. The van der Waals surface area contributed by atoms with E-state index in [-0.39, 0.29) is 5.91 Å². The van der Waals surface area contributed by atoms with Gasteiger partial charge in [0.1, 0.15) is 0 Å². The van der Waals surface area contributed by atoms with Crippen LogP contribution in [-0.4, -0.2) is 5.91 Å². The molecule has 0 aromatic heterocycles. The van der Waals surface area contributed by atoms with E-state index in [1.165, 1.54) is 12.1 Å². The number of amides is 1. The number of nitrogen functional groups attached to an aromatic ring is 1. The van der Waals surface area contributed by atoms with Gasteiger partial charge in [0.2, 0.25) is 0 Å². The Morgan fingerprint density at radius 3 is 2.25 bits per heavy atom. The lowest BCUT2D eigenvalue weighted by Crippen LogP contribution is -2.13. The van der Waals surface area contributed by atoms with Crippen LogP contribution in [0.25, 0.3) is 0 Å². The molecule has 0 bridgehead atoms. The number of carbonyl (C=O) groups is 1. The van der Waals surface area contributed by atoms with Crippen molar-refractivity contribution in [3.05, 3.63) is 56.5 Å². The lowest BCUT2D eigenvalue weighted by Gasteiger charge is -2.11. The zero-order valence-corrected chi connectivity index (χ0v) is 12.8. The van der Waals surface area contributed by atoms with Gasteiger partial charge in [-0.1, -0.05) is 34.8 Å². The van der Waals surface area contributed by atoms with Crippen molar-refractivity contribution < 1.29 is 4.79 Å². The zero-order chi connectivity index (χ0) is 14.9. The highest BCUT2D eigenvalue weighted by Gasteiger charge is 2.11. The van der Waals surface area contributed by atoms with Crippen LogP contribution in [-0.2, 0) is 0 Å². The number of aryl methyl sites for hydroxylation is 1. The number of anilines is 2. The maximum absolute atomic E-state index is 12.2. The van der Waals surface area contributed by atoms with Crippen LogP contribution in [0.5, 0.6) is 0 Å². The van der Waals surface area contributed by atoms with Gasteiger partial charge in [-0.3, -0.25) is 4.79 Å². The summed E-state index contributed by atoms with van der Waals surface area (Å²) >= 11 is 17.7. The molecule has 2 aromatic rings. The molecular weight excluding hydrogens is 319 g/mol. The minimum Gasteiger partial charge on any atom is -0.398 e. The number of nitrogens with two attached hydrogens (primary N) is 1. The molecule has 2 aromatic carbocycles. The molecule has 0 spiro atoms. The molecule has 3 nitrogen and oxygen atoms in total. The van der Waals surface area contributed by atoms with E-state index in [4.69, 9.17) is 40.5 Å². The van der Waals surface area contributed by atoms with E-state index in [0.717, 1.165) is 5.56 Å². The van der Waals surface area contributed by atoms with Gasteiger partial charge in [0, 0.05) is 21.3 Å². The fourth-order valence-electron chi connectivity index (χ4n) is 1.72. The lowest BCUT2D eigenvalue weighted by atomic mass is 10.1. The van der Waals surface area contributed by atoms with Crippen LogP contribution in [0.1, 0.15) is 15.9 Å². The fraction of sp³-hybridized carbons (Fsp3) is 0.0714. The van der Waals surface area contributed by atoms with Gasteiger partial charge >= 0.3 is 0 Å². The van der Waals surface area contributed by atoms with Crippen LogP contribution >= 0.6 is 34.8 Å². The monoisotopic (exact) mass is 328 g/mol. The van der Waals surface area contributed by atoms with Crippen molar-refractivity contribution in [2.24, 2.45) is 0 Å². The first-order valence-electron chi connectivity index (χ1n) is 5.70. The van der Waals surface area contributed by atoms with Gasteiger partial charge in [-0.15, -0.1) is 0 Å². The Morgan fingerprint density at radius 1 is 1.05 bits per heavy atom. The summed E-state index contributed by atoms with van der Waals surface area (Å²) in [5, 5.41) is 3.93. The van der Waals surface area contributed by atoms with Crippen LogP contribution in [0.15, 0.2) is 30.3 Å². The summed E-state index contributed by atoms with van der Waals surface area (Å²) < 4.78 is 0. The van der Waals surface area contributed by atoms with Crippen molar-refractivity contribution in [1.29, 1.82) is 0 Å². The summed E-state index contributed by atoms with van der Waals surface area (Å²) in [4.78, 5) is 12.2. The second-order valence-corrected chi connectivity index (χ2v) is 5.58. The molecule has 0 saturated heterocycles. The zero-order valence-electron chi connectivity index (χ0n) is 10.5. The van der Waals surface area contributed by atoms with Gasteiger partial charge in [0.25, 0.3) is 5.91 Å². The first-order valence-corrected chi connectivity index (χ1v) is 6.83. The molecule has 0 atom stereocenters. The third-order valence-electron chi connectivity index (χ3n) is 2.72. The maximum Gasteiger partial charge on any atom is 0.255 e. The topological polar surface area (TPSA) is 55.1 Å². The summed E-state index contributed by atoms with van der Waals surface area (Å²) in [5.74, 6) is -0.321. The molecule has 104 valence electrons. The summed E-state index contributed by atoms with van der Waals surface area (Å²) in [6, 6.07) is 7.94. The molecule has 0 unspecified atom stereocenters. The molecule has 0 radical (unpaired) electrons. The molecule has 0 heterocycles. The summed E-state index contributed by atoms with van der Waals surface area (Å²) in [7, 11) is 0. The van der Waals surface area contributed by atoms with Crippen molar-refractivity contribution in [3.63, 3.8) is 0 Å². The fourth-order valence-corrected chi connectivity index (χ4v) is 2.41. The molecule has 2 rings (SSSR count). The van der Waals surface area contributed by atoms with Crippen LogP contribution < -0.4 is 11.1 Å². The first kappa shape index (κ1) is 15.0. The van der Waals surface area contributed by atoms with E-state index < -0.39 is 0 Å². The Labute approximate surface area is 131 Å². The standard InChI is InChI=1S/C14H11Cl3N2O/c1-7-2-12(18)11(17)6-13(7)19-14(20)8-3-9(15)5-10(16)4-8/h2-6H,18H2,1H3,(H,19,20).